The Morgan fingerprint density at radius 2 is 1.67 bits per heavy atom. The van der Waals surface area contributed by atoms with Crippen LogP contribution in [0.3, 0.4) is 0 Å². The van der Waals surface area contributed by atoms with Crippen LogP contribution in [0.4, 0.5) is 0 Å². The molecule has 0 aliphatic carbocycles. The highest BCUT2D eigenvalue weighted by molar-refractivity contribution is 5.85. The van der Waals surface area contributed by atoms with Gasteiger partial charge in [0.25, 0.3) is 0 Å². The van der Waals surface area contributed by atoms with Crippen molar-refractivity contribution in [1.29, 1.82) is 0 Å². The zero-order chi connectivity index (χ0) is 5.70. The minimum atomic E-state index is 0. The minimum absolute atomic E-state index is 0. The molecule has 0 aromatic carbocycles. The second-order valence-electron chi connectivity index (χ2n) is 2.32. The Bertz CT molecular complexity index is 40.0. The van der Waals surface area contributed by atoms with Crippen molar-refractivity contribution < 1.29 is 0 Å². The normalized spacial score (nSPS) is 8.00. The Balaban J connectivity index is -0.000000180. The molecule has 60 valence electrons. The highest BCUT2D eigenvalue weighted by Crippen LogP contribution is 2.00. The maximum Gasteiger partial charge on any atom is -0.00772 e. The Hall–Kier alpha value is 0.540. The molecule has 1 nitrogen and oxygen atoms in total. The van der Waals surface area contributed by atoms with Gasteiger partial charge in [0.05, 0.1) is 0 Å². The minimum Gasteiger partial charge on any atom is -0.330 e. The van der Waals surface area contributed by atoms with Gasteiger partial charge in [0.2, 0.25) is 0 Å². The molecule has 3 heteroatoms. The van der Waals surface area contributed by atoms with Gasteiger partial charge in [0.15, 0.2) is 0 Å². The molecule has 0 amide bonds. The molecule has 0 saturated heterocycles. The van der Waals surface area contributed by atoms with E-state index in [1.807, 2.05) is 0 Å². The van der Waals surface area contributed by atoms with Gasteiger partial charge in [-0.15, -0.1) is 24.8 Å². The van der Waals surface area contributed by atoms with Crippen LogP contribution in [0.2, 0.25) is 0 Å². The van der Waals surface area contributed by atoms with Gasteiger partial charge in [-0.25, -0.2) is 0 Å². The van der Waals surface area contributed by atoms with Crippen LogP contribution >= 0.6 is 24.8 Å². The fourth-order valence-electron chi connectivity index (χ4n) is 0.526. The van der Waals surface area contributed by atoms with Gasteiger partial charge in [-0.2, -0.15) is 0 Å². The second-order valence-corrected chi connectivity index (χ2v) is 2.32. The predicted molar refractivity (Wildman–Crippen MR) is 47.6 cm³/mol. The lowest BCUT2D eigenvalue weighted by molar-refractivity contribution is 0.561. The lowest BCUT2D eigenvalue weighted by Gasteiger charge is -1.98. The molecule has 0 rings (SSSR count). The third-order valence-corrected chi connectivity index (χ3v) is 0.986. The SMILES string of the molecule is CC(C)CCCN.Cl.Cl. The fourth-order valence-corrected chi connectivity index (χ4v) is 0.526. The first-order valence-corrected chi connectivity index (χ1v) is 2.97. The molecule has 0 radical (unpaired) electrons. The zero-order valence-corrected chi connectivity index (χ0v) is 7.73. The quantitative estimate of drug-likeness (QED) is 0.697. The molecular formula is C6H17Cl2N. The highest BCUT2D eigenvalue weighted by atomic mass is 35.5. The molecule has 0 bridgehead atoms. The molecule has 0 fully saturated rings. The van der Waals surface area contributed by atoms with E-state index >= 15 is 0 Å². The molecule has 0 saturated carbocycles. The fraction of sp³-hybridized carbons (Fsp3) is 1.00. The Labute approximate surface area is 70.2 Å². The maximum atomic E-state index is 5.28. The van der Waals surface area contributed by atoms with E-state index in [9.17, 15) is 0 Å². The van der Waals surface area contributed by atoms with Crippen molar-refractivity contribution in [3.63, 3.8) is 0 Å². The number of halogens is 2. The highest BCUT2D eigenvalue weighted by Gasteiger charge is 1.88. The zero-order valence-electron chi connectivity index (χ0n) is 6.09. The molecule has 0 heterocycles. The standard InChI is InChI=1S/C6H15N.2ClH/c1-6(2)4-3-5-7;;/h6H,3-5,7H2,1-2H3;2*1H. The van der Waals surface area contributed by atoms with Crippen LogP contribution in [0.1, 0.15) is 26.7 Å². The van der Waals surface area contributed by atoms with Crippen LogP contribution in [-0.2, 0) is 0 Å². The summed E-state index contributed by atoms with van der Waals surface area (Å²) in [6.45, 7) is 5.28. The lowest BCUT2D eigenvalue weighted by atomic mass is 10.1. The van der Waals surface area contributed by atoms with Gasteiger partial charge in [0, 0.05) is 0 Å². The second kappa shape index (κ2) is 11.4. The monoisotopic (exact) mass is 173 g/mol. The number of hydrogen-bond acceptors (Lipinski definition) is 1. The van der Waals surface area contributed by atoms with Crippen LogP contribution in [0, 0.1) is 5.92 Å². The summed E-state index contributed by atoms with van der Waals surface area (Å²) in [7, 11) is 0. The van der Waals surface area contributed by atoms with Crippen molar-refractivity contribution in [1.82, 2.24) is 0 Å². The summed E-state index contributed by atoms with van der Waals surface area (Å²) in [5.74, 6) is 0.823. The molecule has 0 atom stereocenters. The van der Waals surface area contributed by atoms with Crippen molar-refractivity contribution in [2.24, 2.45) is 11.7 Å². The average molecular weight is 174 g/mol. The Morgan fingerprint density at radius 1 is 1.22 bits per heavy atom. The van der Waals surface area contributed by atoms with E-state index in [0.29, 0.717) is 0 Å². The number of hydrogen-bond donors (Lipinski definition) is 1. The van der Waals surface area contributed by atoms with Gasteiger partial charge in [-0.05, 0) is 25.3 Å². The average Bonchev–Trinajstić information content (AvgIpc) is 1.61. The molecular weight excluding hydrogens is 157 g/mol. The lowest BCUT2D eigenvalue weighted by Crippen LogP contribution is -1.99. The van der Waals surface area contributed by atoms with Crippen molar-refractivity contribution >= 4 is 24.8 Å². The number of nitrogens with two attached hydrogens (primary N) is 1. The van der Waals surface area contributed by atoms with Gasteiger partial charge >= 0.3 is 0 Å². The van der Waals surface area contributed by atoms with Crippen LogP contribution in [0.15, 0.2) is 0 Å². The van der Waals surface area contributed by atoms with Gasteiger partial charge in [-0.3, -0.25) is 0 Å². The topological polar surface area (TPSA) is 26.0 Å². The molecule has 0 aromatic rings. The third-order valence-electron chi connectivity index (χ3n) is 0.986. The first kappa shape index (κ1) is 16.3. The van der Waals surface area contributed by atoms with Crippen molar-refractivity contribution in [3.05, 3.63) is 0 Å². The summed E-state index contributed by atoms with van der Waals surface area (Å²) in [6, 6.07) is 0. The Kier molecular flexibility index (Phi) is 20.5. The van der Waals surface area contributed by atoms with Crippen LogP contribution in [0.25, 0.3) is 0 Å². The van der Waals surface area contributed by atoms with E-state index in [4.69, 9.17) is 5.73 Å². The summed E-state index contributed by atoms with van der Waals surface area (Å²) in [5, 5.41) is 0. The molecule has 0 aliphatic heterocycles. The van der Waals surface area contributed by atoms with Crippen molar-refractivity contribution in [2.45, 2.75) is 26.7 Å². The van der Waals surface area contributed by atoms with Crippen molar-refractivity contribution in [3.8, 4) is 0 Å². The summed E-state index contributed by atoms with van der Waals surface area (Å²) in [6.07, 6.45) is 2.45. The third kappa shape index (κ3) is 17.7. The molecule has 2 N–H and O–H groups in total. The van der Waals surface area contributed by atoms with E-state index in [1.54, 1.807) is 0 Å². The molecule has 0 spiro atoms. The molecule has 0 aliphatic rings. The summed E-state index contributed by atoms with van der Waals surface area (Å²) < 4.78 is 0. The van der Waals surface area contributed by atoms with Crippen LogP contribution in [-0.4, -0.2) is 6.54 Å². The summed E-state index contributed by atoms with van der Waals surface area (Å²) in [4.78, 5) is 0. The molecule has 9 heavy (non-hydrogen) atoms. The van der Waals surface area contributed by atoms with E-state index in [1.165, 1.54) is 12.8 Å². The largest absolute Gasteiger partial charge is 0.330 e. The predicted octanol–water partition coefficient (Wildman–Crippen LogP) is 2.22. The Morgan fingerprint density at radius 3 is 1.78 bits per heavy atom. The van der Waals surface area contributed by atoms with Crippen molar-refractivity contribution in [2.75, 3.05) is 6.54 Å². The van der Waals surface area contributed by atoms with Gasteiger partial charge in [-0.1, -0.05) is 13.8 Å². The van der Waals surface area contributed by atoms with E-state index < -0.39 is 0 Å². The first-order chi connectivity index (χ1) is 3.27. The van der Waals surface area contributed by atoms with Crippen LogP contribution in [0.5, 0.6) is 0 Å². The van der Waals surface area contributed by atoms with Crippen LogP contribution < -0.4 is 5.73 Å². The van der Waals surface area contributed by atoms with E-state index in [0.717, 1.165) is 12.5 Å². The molecule has 0 unspecified atom stereocenters. The van der Waals surface area contributed by atoms with Gasteiger partial charge < -0.3 is 5.73 Å². The van der Waals surface area contributed by atoms with E-state index in [-0.39, 0.29) is 24.8 Å². The molecule has 0 aromatic heterocycles. The first-order valence-electron chi connectivity index (χ1n) is 2.97. The smallest absolute Gasteiger partial charge is 0.00772 e. The summed E-state index contributed by atoms with van der Waals surface area (Å²) in [5.41, 5.74) is 5.28. The maximum absolute atomic E-state index is 5.28. The van der Waals surface area contributed by atoms with Gasteiger partial charge in [0.1, 0.15) is 0 Å². The number of rotatable bonds is 3. The summed E-state index contributed by atoms with van der Waals surface area (Å²) >= 11 is 0. The van der Waals surface area contributed by atoms with E-state index in [2.05, 4.69) is 13.8 Å².